The summed E-state index contributed by atoms with van der Waals surface area (Å²) in [6.45, 7) is 0. The zero-order chi connectivity index (χ0) is 17.4. The number of amides is 1. The molecule has 2 fully saturated rings. The second-order valence-corrected chi connectivity index (χ2v) is 7.60. The van der Waals surface area contributed by atoms with Crippen LogP contribution in [0.3, 0.4) is 0 Å². The Balaban J connectivity index is 0.00000131. The highest BCUT2D eigenvalue weighted by Gasteiger charge is 2.40. The largest absolute Gasteiger partial charge is 0.443 e. The number of nitrogens with zero attached hydrogens (tertiary/aromatic N) is 1. The Morgan fingerprint density at radius 1 is 1.19 bits per heavy atom. The standard InChI is InChI=1S/C19H22ClN3O2.2ClH/c20-15-7-2-1-6-14(15)18-17(22-10-25-18)19(24)23-16-11-4-3-5-12(16)9-13(21)8-11;;/h1-2,6-7,10-13,16H,3-5,8-9,21H2,(H,23,24);2*1H. The molecule has 5 nitrogen and oxygen atoms in total. The number of rotatable bonds is 3. The first-order valence-corrected chi connectivity index (χ1v) is 9.26. The van der Waals surface area contributed by atoms with Gasteiger partial charge in [-0.25, -0.2) is 4.98 Å². The minimum atomic E-state index is -0.193. The van der Waals surface area contributed by atoms with E-state index in [2.05, 4.69) is 10.3 Å². The summed E-state index contributed by atoms with van der Waals surface area (Å²) in [5.41, 5.74) is 7.15. The van der Waals surface area contributed by atoms with Gasteiger partial charge in [0.1, 0.15) is 0 Å². The molecule has 2 aliphatic rings. The lowest BCUT2D eigenvalue weighted by Crippen LogP contribution is -2.53. The molecule has 0 spiro atoms. The van der Waals surface area contributed by atoms with Crippen molar-refractivity contribution in [3.63, 3.8) is 0 Å². The van der Waals surface area contributed by atoms with E-state index >= 15 is 0 Å². The van der Waals surface area contributed by atoms with E-state index in [4.69, 9.17) is 21.8 Å². The molecule has 2 bridgehead atoms. The summed E-state index contributed by atoms with van der Waals surface area (Å²) in [4.78, 5) is 17.0. The zero-order valence-corrected chi connectivity index (χ0v) is 17.2. The molecule has 2 saturated carbocycles. The van der Waals surface area contributed by atoms with Crippen molar-refractivity contribution in [1.82, 2.24) is 10.3 Å². The fraction of sp³-hybridized carbons (Fsp3) is 0.474. The van der Waals surface area contributed by atoms with Crippen molar-refractivity contribution in [1.29, 1.82) is 0 Å². The number of nitrogens with one attached hydrogen (secondary N) is 1. The maximum atomic E-state index is 12.9. The average Bonchev–Trinajstić information content (AvgIpc) is 3.05. The first kappa shape index (κ1) is 22.0. The summed E-state index contributed by atoms with van der Waals surface area (Å²) >= 11 is 6.24. The van der Waals surface area contributed by atoms with Crippen LogP contribution in [-0.2, 0) is 0 Å². The Hall–Kier alpha value is -1.27. The van der Waals surface area contributed by atoms with Crippen molar-refractivity contribution in [3.8, 4) is 11.3 Å². The third-order valence-electron chi connectivity index (χ3n) is 5.58. The monoisotopic (exact) mass is 431 g/mol. The number of halogens is 3. The van der Waals surface area contributed by atoms with Crippen molar-refractivity contribution in [3.05, 3.63) is 41.4 Å². The van der Waals surface area contributed by atoms with Crippen LogP contribution in [0.2, 0.25) is 5.02 Å². The molecule has 1 aromatic carbocycles. The predicted molar refractivity (Wildman–Crippen MR) is 111 cm³/mol. The van der Waals surface area contributed by atoms with Crippen molar-refractivity contribution >= 4 is 42.3 Å². The first-order chi connectivity index (χ1) is 12.1. The minimum absolute atomic E-state index is 0. The van der Waals surface area contributed by atoms with E-state index in [9.17, 15) is 4.79 Å². The van der Waals surface area contributed by atoms with Gasteiger partial charge in [0, 0.05) is 17.6 Å². The van der Waals surface area contributed by atoms with Gasteiger partial charge in [-0.3, -0.25) is 4.79 Å². The second-order valence-electron chi connectivity index (χ2n) is 7.19. The van der Waals surface area contributed by atoms with Gasteiger partial charge in [-0.2, -0.15) is 0 Å². The van der Waals surface area contributed by atoms with E-state index < -0.39 is 0 Å². The van der Waals surface area contributed by atoms with Crippen LogP contribution in [0, 0.1) is 11.8 Å². The molecule has 1 heterocycles. The Morgan fingerprint density at radius 2 is 1.85 bits per heavy atom. The molecule has 2 aromatic rings. The lowest BCUT2D eigenvalue weighted by atomic mass is 9.67. The van der Waals surface area contributed by atoms with E-state index in [1.54, 1.807) is 6.07 Å². The SMILES string of the molecule is Cl.Cl.NC1CC2CCCC(C1)C2NC(=O)c1ncoc1-c1ccccc1Cl. The molecule has 0 aliphatic heterocycles. The normalized spacial score (nSPS) is 26.4. The summed E-state index contributed by atoms with van der Waals surface area (Å²) in [5, 5.41) is 3.75. The van der Waals surface area contributed by atoms with Gasteiger partial charge in [-0.15, -0.1) is 24.8 Å². The maximum Gasteiger partial charge on any atom is 0.274 e. The van der Waals surface area contributed by atoms with Crippen molar-refractivity contribution < 1.29 is 9.21 Å². The Morgan fingerprint density at radius 3 is 2.52 bits per heavy atom. The Labute approximate surface area is 176 Å². The molecule has 27 heavy (non-hydrogen) atoms. The molecule has 0 radical (unpaired) electrons. The third kappa shape index (κ3) is 4.43. The molecular weight excluding hydrogens is 409 g/mol. The summed E-state index contributed by atoms with van der Waals surface area (Å²) in [7, 11) is 0. The summed E-state index contributed by atoms with van der Waals surface area (Å²) in [6, 6.07) is 7.74. The average molecular weight is 433 g/mol. The maximum absolute atomic E-state index is 12.9. The molecule has 1 aromatic heterocycles. The number of aromatic nitrogens is 1. The van der Waals surface area contributed by atoms with Gasteiger partial charge in [0.05, 0.1) is 5.02 Å². The van der Waals surface area contributed by atoms with Crippen LogP contribution in [0.4, 0.5) is 0 Å². The summed E-state index contributed by atoms with van der Waals surface area (Å²) in [6.07, 6.45) is 6.75. The van der Waals surface area contributed by atoms with Crippen LogP contribution in [0.1, 0.15) is 42.6 Å². The van der Waals surface area contributed by atoms with Gasteiger partial charge in [0.15, 0.2) is 17.8 Å². The van der Waals surface area contributed by atoms with E-state index in [0.717, 1.165) is 25.7 Å². The molecule has 2 unspecified atom stereocenters. The van der Waals surface area contributed by atoms with Crippen molar-refractivity contribution in [2.24, 2.45) is 17.6 Å². The van der Waals surface area contributed by atoms with Crippen molar-refractivity contribution in [2.75, 3.05) is 0 Å². The summed E-state index contributed by atoms with van der Waals surface area (Å²) < 4.78 is 5.48. The lowest BCUT2D eigenvalue weighted by molar-refractivity contribution is 0.0752. The lowest BCUT2D eigenvalue weighted by Gasteiger charge is -2.45. The molecule has 4 rings (SSSR count). The number of oxazole rings is 1. The van der Waals surface area contributed by atoms with E-state index in [-0.39, 0.29) is 42.8 Å². The van der Waals surface area contributed by atoms with Crippen LogP contribution >= 0.6 is 36.4 Å². The molecule has 3 N–H and O–H groups in total. The highest BCUT2D eigenvalue weighted by molar-refractivity contribution is 6.33. The number of hydrogen-bond acceptors (Lipinski definition) is 4. The fourth-order valence-electron chi connectivity index (χ4n) is 4.49. The van der Waals surface area contributed by atoms with Crippen LogP contribution in [-0.4, -0.2) is 23.0 Å². The predicted octanol–water partition coefficient (Wildman–Crippen LogP) is 4.47. The van der Waals surface area contributed by atoms with Gasteiger partial charge < -0.3 is 15.5 Å². The van der Waals surface area contributed by atoms with Gasteiger partial charge >= 0.3 is 0 Å². The third-order valence-corrected chi connectivity index (χ3v) is 5.90. The molecule has 1 amide bonds. The molecule has 0 saturated heterocycles. The highest BCUT2D eigenvalue weighted by atomic mass is 35.5. The minimum Gasteiger partial charge on any atom is -0.443 e. The fourth-order valence-corrected chi connectivity index (χ4v) is 4.71. The quantitative estimate of drug-likeness (QED) is 0.749. The highest BCUT2D eigenvalue weighted by Crippen LogP contribution is 2.40. The van der Waals surface area contributed by atoms with Crippen LogP contribution in [0.15, 0.2) is 35.1 Å². The number of carbonyl (C=O) groups excluding carboxylic acids is 1. The number of hydrogen-bond donors (Lipinski definition) is 2. The summed E-state index contributed by atoms with van der Waals surface area (Å²) in [5.74, 6) is 1.14. The van der Waals surface area contributed by atoms with E-state index in [0.29, 0.717) is 33.9 Å². The molecule has 148 valence electrons. The van der Waals surface area contributed by atoms with Crippen LogP contribution in [0.5, 0.6) is 0 Å². The van der Waals surface area contributed by atoms with Crippen LogP contribution in [0.25, 0.3) is 11.3 Å². The van der Waals surface area contributed by atoms with Gasteiger partial charge in [-0.05, 0) is 49.7 Å². The number of carbonyl (C=O) groups is 1. The van der Waals surface area contributed by atoms with Gasteiger partial charge in [-0.1, -0.05) is 30.2 Å². The Bertz CT molecular complexity index is 769. The second kappa shape index (κ2) is 9.28. The molecule has 2 aliphatic carbocycles. The number of benzene rings is 1. The topological polar surface area (TPSA) is 81.1 Å². The van der Waals surface area contributed by atoms with Gasteiger partial charge in [0.25, 0.3) is 5.91 Å². The smallest absolute Gasteiger partial charge is 0.274 e. The van der Waals surface area contributed by atoms with E-state index in [1.165, 1.54) is 12.8 Å². The number of fused-ring (bicyclic) bond motifs is 2. The number of nitrogens with two attached hydrogens (primary N) is 1. The van der Waals surface area contributed by atoms with Crippen LogP contribution < -0.4 is 11.1 Å². The molecule has 2 atom stereocenters. The van der Waals surface area contributed by atoms with Crippen molar-refractivity contribution in [2.45, 2.75) is 44.2 Å². The first-order valence-electron chi connectivity index (χ1n) is 8.88. The van der Waals surface area contributed by atoms with Gasteiger partial charge in [0.2, 0.25) is 0 Å². The zero-order valence-electron chi connectivity index (χ0n) is 14.8. The molecule has 8 heteroatoms. The Kier molecular flexibility index (Phi) is 7.57. The van der Waals surface area contributed by atoms with E-state index in [1.807, 2.05) is 18.2 Å². The molecular formula is C19H24Cl3N3O2.